The number of amides is 1. The van der Waals surface area contributed by atoms with Gasteiger partial charge in [0.05, 0.1) is 11.7 Å². The Balaban J connectivity index is 2.28. The molecule has 2 N–H and O–H groups in total. The van der Waals surface area contributed by atoms with Crippen LogP contribution in [0.2, 0.25) is 5.02 Å². The topological polar surface area (TPSA) is 49.3 Å². The van der Waals surface area contributed by atoms with Crippen molar-refractivity contribution in [2.75, 3.05) is 5.32 Å². The van der Waals surface area contributed by atoms with Gasteiger partial charge in [-0.05, 0) is 31.2 Å². The number of anilines is 1. The number of benzene rings is 2. The molecule has 5 heteroatoms. The van der Waals surface area contributed by atoms with Gasteiger partial charge in [0.1, 0.15) is 5.82 Å². The first kappa shape index (κ1) is 14.5. The van der Waals surface area contributed by atoms with Crippen LogP contribution in [0.4, 0.5) is 10.1 Å². The quantitative estimate of drug-likeness (QED) is 0.904. The molecule has 0 aliphatic heterocycles. The summed E-state index contributed by atoms with van der Waals surface area (Å²) in [7, 11) is 0. The van der Waals surface area contributed by atoms with Crippen LogP contribution in [0, 0.1) is 5.82 Å². The maximum atomic E-state index is 13.7. The van der Waals surface area contributed by atoms with E-state index in [9.17, 15) is 14.3 Å². The molecule has 0 radical (unpaired) electrons. The van der Waals surface area contributed by atoms with E-state index in [0.717, 1.165) is 6.07 Å². The van der Waals surface area contributed by atoms with Crippen molar-refractivity contribution in [2.45, 2.75) is 13.0 Å². The van der Waals surface area contributed by atoms with Crippen molar-refractivity contribution in [1.82, 2.24) is 0 Å². The van der Waals surface area contributed by atoms with Gasteiger partial charge in [-0.3, -0.25) is 4.79 Å². The minimum Gasteiger partial charge on any atom is -0.389 e. The fourth-order valence-electron chi connectivity index (χ4n) is 1.84. The molecular weight excluding hydrogens is 281 g/mol. The number of hydrogen-bond acceptors (Lipinski definition) is 2. The molecule has 1 unspecified atom stereocenters. The number of rotatable bonds is 3. The maximum absolute atomic E-state index is 13.7. The summed E-state index contributed by atoms with van der Waals surface area (Å²) >= 11 is 5.64. The van der Waals surface area contributed by atoms with Crippen molar-refractivity contribution >= 4 is 23.2 Å². The van der Waals surface area contributed by atoms with E-state index in [1.54, 1.807) is 31.2 Å². The lowest BCUT2D eigenvalue weighted by atomic mass is 10.1. The van der Waals surface area contributed by atoms with E-state index in [1.165, 1.54) is 12.1 Å². The summed E-state index contributed by atoms with van der Waals surface area (Å²) in [5.41, 5.74) is 0.909. The van der Waals surface area contributed by atoms with Gasteiger partial charge in [0.15, 0.2) is 0 Å². The average molecular weight is 294 g/mol. The predicted octanol–water partition coefficient (Wildman–Crippen LogP) is 3.78. The zero-order valence-electron chi connectivity index (χ0n) is 10.7. The highest BCUT2D eigenvalue weighted by Gasteiger charge is 2.15. The molecule has 0 bridgehead atoms. The van der Waals surface area contributed by atoms with Gasteiger partial charge in [-0.15, -0.1) is 0 Å². The lowest BCUT2D eigenvalue weighted by Gasteiger charge is -2.13. The van der Waals surface area contributed by atoms with Crippen LogP contribution in [0.3, 0.4) is 0 Å². The van der Waals surface area contributed by atoms with E-state index < -0.39 is 17.8 Å². The zero-order chi connectivity index (χ0) is 14.7. The van der Waals surface area contributed by atoms with E-state index in [2.05, 4.69) is 5.32 Å². The zero-order valence-corrected chi connectivity index (χ0v) is 11.5. The predicted molar refractivity (Wildman–Crippen MR) is 76.4 cm³/mol. The summed E-state index contributed by atoms with van der Waals surface area (Å²) < 4.78 is 13.7. The molecule has 0 heterocycles. The second-order valence-corrected chi connectivity index (χ2v) is 4.78. The molecule has 0 saturated heterocycles. The van der Waals surface area contributed by atoms with Crippen LogP contribution in [0.1, 0.15) is 28.9 Å². The molecule has 2 rings (SSSR count). The van der Waals surface area contributed by atoms with Crippen LogP contribution in [0.5, 0.6) is 0 Å². The number of hydrogen-bond donors (Lipinski definition) is 2. The molecule has 0 aromatic heterocycles. The van der Waals surface area contributed by atoms with Gasteiger partial charge in [-0.2, -0.15) is 0 Å². The van der Waals surface area contributed by atoms with E-state index >= 15 is 0 Å². The van der Waals surface area contributed by atoms with E-state index in [0.29, 0.717) is 11.3 Å². The summed E-state index contributed by atoms with van der Waals surface area (Å²) in [6.07, 6.45) is -0.735. The van der Waals surface area contributed by atoms with Crippen molar-refractivity contribution < 1.29 is 14.3 Å². The molecule has 0 spiro atoms. The second-order valence-electron chi connectivity index (χ2n) is 4.34. The van der Waals surface area contributed by atoms with Crippen LogP contribution in [0.15, 0.2) is 42.5 Å². The number of aliphatic hydroxyl groups is 1. The Hall–Kier alpha value is -1.91. The SMILES string of the molecule is CC(O)c1ccccc1NC(=O)c1ccc(Cl)cc1F. The number of carbonyl (C=O) groups is 1. The monoisotopic (exact) mass is 293 g/mol. The van der Waals surface area contributed by atoms with Gasteiger partial charge in [0, 0.05) is 16.3 Å². The van der Waals surface area contributed by atoms with Gasteiger partial charge in [0.2, 0.25) is 0 Å². The van der Waals surface area contributed by atoms with E-state index in [-0.39, 0.29) is 10.6 Å². The summed E-state index contributed by atoms with van der Waals surface area (Å²) in [4.78, 5) is 12.0. The highest BCUT2D eigenvalue weighted by atomic mass is 35.5. The van der Waals surface area contributed by atoms with Gasteiger partial charge in [-0.1, -0.05) is 29.8 Å². The Kier molecular flexibility index (Phi) is 4.37. The van der Waals surface area contributed by atoms with E-state index in [1.807, 2.05) is 0 Å². The first-order valence-corrected chi connectivity index (χ1v) is 6.40. The van der Waals surface area contributed by atoms with Crippen molar-refractivity contribution in [3.8, 4) is 0 Å². The maximum Gasteiger partial charge on any atom is 0.258 e. The Morgan fingerprint density at radius 2 is 2.00 bits per heavy atom. The molecule has 0 fully saturated rings. The lowest BCUT2D eigenvalue weighted by Crippen LogP contribution is -2.15. The van der Waals surface area contributed by atoms with Gasteiger partial charge in [-0.25, -0.2) is 4.39 Å². The Bertz CT molecular complexity index is 644. The smallest absolute Gasteiger partial charge is 0.258 e. The largest absolute Gasteiger partial charge is 0.389 e. The van der Waals surface area contributed by atoms with E-state index in [4.69, 9.17) is 11.6 Å². The standard InChI is InChI=1S/C15H13ClFNO2/c1-9(19)11-4-2-3-5-14(11)18-15(20)12-7-6-10(16)8-13(12)17/h2-9,19H,1H3,(H,18,20). The molecule has 0 saturated carbocycles. The molecule has 0 aliphatic rings. The average Bonchev–Trinajstić information content (AvgIpc) is 2.38. The van der Waals surface area contributed by atoms with Crippen LogP contribution >= 0.6 is 11.6 Å². The van der Waals surface area contributed by atoms with Crippen molar-refractivity contribution in [3.63, 3.8) is 0 Å². The van der Waals surface area contributed by atoms with Crippen LogP contribution < -0.4 is 5.32 Å². The molecule has 2 aromatic rings. The summed E-state index contributed by atoms with van der Waals surface area (Å²) in [5.74, 6) is -1.28. The summed E-state index contributed by atoms with van der Waals surface area (Å²) in [6, 6.07) is 10.7. The summed E-state index contributed by atoms with van der Waals surface area (Å²) in [5, 5.41) is 12.4. The molecule has 20 heavy (non-hydrogen) atoms. The van der Waals surface area contributed by atoms with Crippen LogP contribution in [-0.4, -0.2) is 11.0 Å². The fourth-order valence-corrected chi connectivity index (χ4v) is 2.00. The number of halogens is 2. The second kappa shape index (κ2) is 6.03. The van der Waals surface area contributed by atoms with Crippen LogP contribution in [0.25, 0.3) is 0 Å². The molecule has 0 aliphatic carbocycles. The lowest BCUT2D eigenvalue weighted by molar-refractivity contribution is 0.102. The molecule has 1 amide bonds. The van der Waals surface area contributed by atoms with Gasteiger partial charge >= 0.3 is 0 Å². The van der Waals surface area contributed by atoms with Gasteiger partial charge in [0.25, 0.3) is 5.91 Å². The Morgan fingerprint density at radius 1 is 1.30 bits per heavy atom. The minimum absolute atomic E-state index is 0.102. The Morgan fingerprint density at radius 3 is 2.65 bits per heavy atom. The number of carbonyl (C=O) groups excluding carboxylic acids is 1. The molecule has 1 atom stereocenters. The van der Waals surface area contributed by atoms with Crippen molar-refractivity contribution in [2.24, 2.45) is 0 Å². The summed E-state index contributed by atoms with van der Waals surface area (Å²) in [6.45, 7) is 1.59. The third-order valence-electron chi connectivity index (χ3n) is 2.83. The minimum atomic E-state index is -0.735. The normalized spacial score (nSPS) is 12.0. The Labute approximate surface area is 121 Å². The molecule has 2 aromatic carbocycles. The van der Waals surface area contributed by atoms with Crippen molar-refractivity contribution in [3.05, 3.63) is 64.4 Å². The number of para-hydroxylation sites is 1. The first-order chi connectivity index (χ1) is 9.49. The fraction of sp³-hybridized carbons (Fsp3) is 0.133. The number of aliphatic hydroxyl groups excluding tert-OH is 1. The molecular formula is C15H13ClFNO2. The molecule has 104 valence electrons. The first-order valence-electron chi connectivity index (χ1n) is 6.02. The van der Waals surface area contributed by atoms with Gasteiger partial charge < -0.3 is 10.4 Å². The van der Waals surface area contributed by atoms with Crippen LogP contribution in [-0.2, 0) is 0 Å². The highest BCUT2D eigenvalue weighted by molar-refractivity contribution is 6.30. The highest BCUT2D eigenvalue weighted by Crippen LogP contribution is 2.23. The third kappa shape index (κ3) is 3.15. The third-order valence-corrected chi connectivity index (χ3v) is 3.07. The van der Waals surface area contributed by atoms with Crippen molar-refractivity contribution in [1.29, 1.82) is 0 Å². The molecule has 3 nitrogen and oxygen atoms in total. The number of nitrogens with one attached hydrogen (secondary N) is 1.